The van der Waals surface area contributed by atoms with Crippen molar-refractivity contribution in [2.75, 3.05) is 31.2 Å². The number of alkyl halides is 3. The molecule has 3 amide bonds. The number of pyridine rings is 1. The van der Waals surface area contributed by atoms with Gasteiger partial charge in [-0.05, 0) is 61.4 Å². The van der Waals surface area contributed by atoms with Crippen molar-refractivity contribution in [3.8, 4) is 0 Å². The van der Waals surface area contributed by atoms with Gasteiger partial charge >= 0.3 is 18.0 Å². The molecule has 1 aliphatic rings. The van der Waals surface area contributed by atoms with E-state index in [-0.39, 0.29) is 24.1 Å². The van der Waals surface area contributed by atoms with Crippen LogP contribution in [0, 0.1) is 5.92 Å². The molecule has 11 heteroatoms. The molecule has 1 fully saturated rings. The highest BCUT2D eigenvalue weighted by Crippen LogP contribution is 2.29. The van der Waals surface area contributed by atoms with Gasteiger partial charge in [-0.2, -0.15) is 13.2 Å². The molecule has 3 rings (SSSR count). The van der Waals surface area contributed by atoms with Gasteiger partial charge in [0.05, 0.1) is 11.1 Å². The molecule has 0 aliphatic carbocycles. The van der Waals surface area contributed by atoms with E-state index in [0.717, 1.165) is 24.3 Å². The standard InChI is InChI=1S/C22H23F3N4O3S/c1-33-20-17(3-2-10-26-20)21(32)29-11-8-14(9-12-29)13-27-18(30)19(31)28-16-6-4-15(5-7-16)22(23,24)25/h2-7,10,14H,8-9,11-13H2,1H3,(H,27,30)(H,28,31). The summed E-state index contributed by atoms with van der Waals surface area (Å²) < 4.78 is 37.8. The van der Waals surface area contributed by atoms with Crippen molar-refractivity contribution in [3.63, 3.8) is 0 Å². The van der Waals surface area contributed by atoms with Crippen LogP contribution in [0.5, 0.6) is 0 Å². The van der Waals surface area contributed by atoms with Crippen LogP contribution in [0.25, 0.3) is 0 Å². The number of benzene rings is 1. The number of hydrogen-bond acceptors (Lipinski definition) is 5. The van der Waals surface area contributed by atoms with Gasteiger partial charge in [-0.25, -0.2) is 4.98 Å². The molecule has 0 radical (unpaired) electrons. The predicted molar refractivity (Wildman–Crippen MR) is 118 cm³/mol. The number of nitrogens with zero attached hydrogens (tertiary/aromatic N) is 2. The van der Waals surface area contributed by atoms with Crippen LogP contribution < -0.4 is 10.6 Å². The van der Waals surface area contributed by atoms with E-state index in [1.807, 2.05) is 6.26 Å². The molecule has 1 aliphatic heterocycles. The lowest BCUT2D eigenvalue weighted by Crippen LogP contribution is -2.43. The van der Waals surface area contributed by atoms with Gasteiger partial charge in [0.1, 0.15) is 5.03 Å². The van der Waals surface area contributed by atoms with Crippen LogP contribution in [0.2, 0.25) is 0 Å². The van der Waals surface area contributed by atoms with E-state index < -0.39 is 23.6 Å². The Balaban J connectivity index is 1.44. The van der Waals surface area contributed by atoms with Crippen molar-refractivity contribution in [2.24, 2.45) is 5.92 Å². The third kappa shape index (κ3) is 6.47. The molecule has 7 nitrogen and oxygen atoms in total. The Hall–Kier alpha value is -3.08. The molecule has 0 unspecified atom stereocenters. The van der Waals surface area contributed by atoms with Crippen LogP contribution in [-0.4, -0.2) is 53.5 Å². The molecule has 33 heavy (non-hydrogen) atoms. The maximum Gasteiger partial charge on any atom is 0.416 e. The molecule has 0 saturated carbocycles. The number of amides is 3. The maximum absolute atomic E-state index is 12.8. The van der Waals surface area contributed by atoms with Gasteiger partial charge in [-0.3, -0.25) is 14.4 Å². The summed E-state index contributed by atoms with van der Waals surface area (Å²) in [4.78, 5) is 42.8. The first-order valence-corrected chi connectivity index (χ1v) is 11.5. The van der Waals surface area contributed by atoms with Gasteiger partial charge < -0.3 is 15.5 Å². The largest absolute Gasteiger partial charge is 0.416 e. The van der Waals surface area contributed by atoms with Crippen molar-refractivity contribution >= 4 is 35.2 Å². The molecule has 1 saturated heterocycles. The number of piperidine rings is 1. The number of nitrogens with one attached hydrogen (secondary N) is 2. The quantitative estimate of drug-likeness (QED) is 0.506. The summed E-state index contributed by atoms with van der Waals surface area (Å²) in [6, 6.07) is 7.32. The van der Waals surface area contributed by atoms with Crippen LogP contribution in [0.4, 0.5) is 18.9 Å². The molecule has 2 aromatic rings. The fraction of sp³-hybridized carbons (Fsp3) is 0.364. The Kier molecular flexibility index (Phi) is 7.96. The Morgan fingerprint density at radius 3 is 2.36 bits per heavy atom. The summed E-state index contributed by atoms with van der Waals surface area (Å²) in [6.07, 6.45) is 0.366. The highest BCUT2D eigenvalue weighted by Gasteiger charge is 2.30. The van der Waals surface area contributed by atoms with Crippen molar-refractivity contribution < 1.29 is 27.6 Å². The Morgan fingerprint density at radius 1 is 1.09 bits per heavy atom. The van der Waals surface area contributed by atoms with Gasteiger partial charge in [-0.15, -0.1) is 11.8 Å². The van der Waals surface area contributed by atoms with Gasteiger partial charge in [0, 0.05) is 31.5 Å². The van der Waals surface area contributed by atoms with E-state index in [1.165, 1.54) is 11.8 Å². The minimum atomic E-state index is -4.48. The second kappa shape index (κ2) is 10.7. The van der Waals surface area contributed by atoms with Crippen LogP contribution >= 0.6 is 11.8 Å². The first-order valence-electron chi connectivity index (χ1n) is 10.2. The average Bonchev–Trinajstić information content (AvgIpc) is 2.82. The Labute approximate surface area is 193 Å². The van der Waals surface area contributed by atoms with Gasteiger partial charge in [0.25, 0.3) is 5.91 Å². The minimum absolute atomic E-state index is 0.0779. The molecule has 2 N–H and O–H groups in total. The number of thioether (sulfide) groups is 1. The van der Waals surface area contributed by atoms with E-state index in [2.05, 4.69) is 15.6 Å². The lowest BCUT2D eigenvalue weighted by molar-refractivity contribution is -0.137. The predicted octanol–water partition coefficient (Wildman–Crippen LogP) is 3.43. The van der Waals surface area contributed by atoms with Gasteiger partial charge in [0.15, 0.2) is 0 Å². The average molecular weight is 481 g/mol. The summed E-state index contributed by atoms with van der Waals surface area (Å²) in [6.45, 7) is 1.32. The highest BCUT2D eigenvalue weighted by molar-refractivity contribution is 7.98. The maximum atomic E-state index is 12.8. The molecule has 0 bridgehead atoms. The number of likely N-dealkylation sites (tertiary alicyclic amines) is 1. The van der Waals surface area contributed by atoms with Crippen molar-refractivity contribution in [3.05, 3.63) is 53.7 Å². The zero-order valence-corrected chi connectivity index (χ0v) is 18.6. The molecule has 2 heterocycles. The van der Waals surface area contributed by atoms with Gasteiger partial charge in [0.2, 0.25) is 0 Å². The van der Waals surface area contributed by atoms with Crippen LogP contribution in [0.1, 0.15) is 28.8 Å². The third-order valence-electron chi connectivity index (χ3n) is 5.32. The number of anilines is 1. The van der Waals surface area contributed by atoms with Crippen LogP contribution in [-0.2, 0) is 15.8 Å². The smallest absolute Gasteiger partial charge is 0.348 e. The molecular formula is C22H23F3N4O3S. The topological polar surface area (TPSA) is 91.4 Å². The first kappa shape index (κ1) is 24.6. The van der Waals surface area contributed by atoms with Crippen LogP contribution in [0.3, 0.4) is 0 Å². The van der Waals surface area contributed by atoms with Crippen molar-refractivity contribution in [1.29, 1.82) is 0 Å². The van der Waals surface area contributed by atoms with E-state index in [0.29, 0.717) is 36.5 Å². The summed E-state index contributed by atoms with van der Waals surface area (Å²) in [7, 11) is 0. The van der Waals surface area contributed by atoms with Crippen molar-refractivity contribution in [1.82, 2.24) is 15.2 Å². The third-order valence-corrected chi connectivity index (χ3v) is 6.04. The summed E-state index contributed by atoms with van der Waals surface area (Å²) in [5.41, 5.74) is -0.186. The molecule has 0 atom stereocenters. The highest BCUT2D eigenvalue weighted by atomic mass is 32.2. The number of carbonyl (C=O) groups excluding carboxylic acids is 3. The Morgan fingerprint density at radius 2 is 1.76 bits per heavy atom. The zero-order valence-electron chi connectivity index (χ0n) is 17.8. The second-order valence-corrected chi connectivity index (χ2v) is 8.33. The summed E-state index contributed by atoms with van der Waals surface area (Å²) in [5.74, 6) is -1.80. The number of aromatic nitrogens is 1. The first-order chi connectivity index (χ1) is 15.7. The van der Waals surface area contributed by atoms with E-state index in [9.17, 15) is 27.6 Å². The molecule has 176 valence electrons. The van der Waals surface area contributed by atoms with Crippen molar-refractivity contribution in [2.45, 2.75) is 24.0 Å². The van der Waals surface area contributed by atoms with E-state index in [4.69, 9.17) is 0 Å². The lowest BCUT2D eigenvalue weighted by Gasteiger charge is -2.32. The lowest BCUT2D eigenvalue weighted by atomic mass is 9.96. The normalized spacial score (nSPS) is 14.6. The number of rotatable bonds is 5. The molecule has 0 spiro atoms. The van der Waals surface area contributed by atoms with Gasteiger partial charge in [-0.1, -0.05) is 0 Å². The fourth-order valence-corrected chi connectivity index (χ4v) is 4.02. The fourth-order valence-electron chi connectivity index (χ4n) is 3.47. The van der Waals surface area contributed by atoms with Crippen LogP contribution in [0.15, 0.2) is 47.6 Å². The minimum Gasteiger partial charge on any atom is -0.348 e. The molecular weight excluding hydrogens is 457 g/mol. The SMILES string of the molecule is CSc1ncccc1C(=O)N1CCC(CNC(=O)C(=O)Nc2ccc(C(F)(F)F)cc2)CC1. The second-order valence-electron chi connectivity index (χ2n) is 7.54. The summed E-state index contributed by atoms with van der Waals surface area (Å²) in [5, 5.41) is 5.51. The molecule has 1 aromatic carbocycles. The van der Waals surface area contributed by atoms with E-state index >= 15 is 0 Å². The number of halogens is 3. The number of carbonyl (C=O) groups is 3. The zero-order chi connectivity index (χ0) is 24.0. The number of hydrogen-bond donors (Lipinski definition) is 2. The summed E-state index contributed by atoms with van der Waals surface area (Å²) >= 11 is 1.41. The molecule has 1 aromatic heterocycles. The Bertz CT molecular complexity index is 1010. The van der Waals surface area contributed by atoms with E-state index in [1.54, 1.807) is 23.2 Å². The monoisotopic (exact) mass is 480 g/mol.